The van der Waals surface area contributed by atoms with Crippen molar-refractivity contribution in [3.8, 4) is 0 Å². The molecule has 0 aliphatic rings. The molecule has 13 heavy (non-hydrogen) atoms. The third-order valence-electron chi connectivity index (χ3n) is 1.17. The molecule has 0 saturated heterocycles. The van der Waals surface area contributed by atoms with Gasteiger partial charge in [-0.2, -0.15) is 0 Å². The van der Waals surface area contributed by atoms with Gasteiger partial charge in [-0.05, 0) is 6.92 Å². The Labute approximate surface area is 74.3 Å². The van der Waals surface area contributed by atoms with Crippen LogP contribution in [0.2, 0.25) is 0 Å². The number of primary amides is 1. The Morgan fingerprint density at radius 2 is 2.00 bits per heavy atom. The van der Waals surface area contributed by atoms with E-state index in [0.717, 1.165) is 0 Å². The second-order valence-electron chi connectivity index (χ2n) is 2.34. The number of carbonyl (C=O) groups is 3. The van der Waals surface area contributed by atoms with Gasteiger partial charge in [-0.3, -0.25) is 9.59 Å². The van der Waals surface area contributed by atoms with Crippen molar-refractivity contribution in [1.82, 2.24) is 10.6 Å². The average Bonchev–Trinajstić information content (AvgIpc) is 1.98. The van der Waals surface area contributed by atoms with Crippen molar-refractivity contribution in [3.05, 3.63) is 0 Å². The highest BCUT2D eigenvalue weighted by Gasteiger charge is 2.13. The predicted molar refractivity (Wildman–Crippen MR) is 42.8 cm³/mol. The van der Waals surface area contributed by atoms with Crippen LogP contribution in [0, 0.1) is 0 Å². The summed E-state index contributed by atoms with van der Waals surface area (Å²) < 4.78 is 0. The van der Waals surface area contributed by atoms with Crippen LogP contribution in [-0.2, 0) is 9.59 Å². The molecule has 0 aromatic heterocycles. The molecule has 7 nitrogen and oxygen atoms in total. The van der Waals surface area contributed by atoms with Crippen LogP contribution in [0.25, 0.3) is 0 Å². The zero-order chi connectivity index (χ0) is 10.4. The Balaban J connectivity index is 3.82. The third kappa shape index (κ3) is 5.48. The molecule has 0 unspecified atom stereocenters. The monoisotopic (exact) mass is 189 g/mol. The van der Waals surface area contributed by atoms with Gasteiger partial charge in [0.25, 0.3) is 0 Å². The molecule has 0 aliphatic carbocycles. The summed E-state index contributed by atoms with van der Waals surface area (Å²) in [7, 11) is 0. The summed E-state index contributed by atoms with van der Waals surface area (Å²) in [5, 5.41) is 12.4. The van der Waals surface area contributed by atoms with E-state index in [-0.39, 0.29) is 0 Å². The highest BCUT2D eigenvalue weighted by atomic mass is 16.4. The first-order valence-corrected chi connectivity index (χ1v) is 3.49. The van der Waals surface area contributed by atoms with Crippen molar-refractivity contribution in [1.29, 1.82) is 0 Å². The number of aliphatic carboxylic acids is 1. The number of nitrogens with one attached hydrogen (secondary N) is 2. The Kier molecular flexibility index (Phi) is 4.28. The van der Waals surface area contributed by atoms with Crippen LogP contribution in [0.5, 0.6) is 0 Å². The van der Waals surface area contributed by atoms with Gasteiger partial charge in [0, 0.05) is 0 Å². The molecule has 0 bridgehead atoms. The van der Waals surface area contributed by atoms with E-state index >= 15 is 0 Å². The molecule has 0 heterocycles. The molecule has 0 rings (SSSR count). The molecule has 0 radical (unpaired) electrons. The number of carboxylic acids is 1. The lowest BCUT2D eigenvalue weighted by Crippen LogP contribution is -2.47. The zero-order valence-electron chi connectivity index (χ0n) is 7.03. The number of carbonyl (C=O) groups excluding carboxylic acids is 2. The number of hydrogen-bond donors (Lipinski definition) is 4. The molecule has 0 aliphatic heterocycles. The summed E-state index contributed by atoms with van der Waals surface area (Å²) >= 11 is 0. The largest absolute Gasteiger partial charge is 0.480 e. The topological polar surface area (TPSA) is 122 Å². The minimum absolute atomic E-state index is 0.483. The number of urea groups is 1. The Bertz CT molecular complexity index is 228. The van der Waals surface area contributed by atoms with Gasteiger partial charge in [-0.15, -0.1) is 0 Å². The number of carboxylic acid groups (broad SMARTS) is 1. The van der Waals surface area contributed by atoms with Crippen LogP contribution in [0.4, 0.5) is 4.79 Å². The van der Waals surface area contributed by atoms with Gasteiger partial charge in [-0.1, -0.05) is 0 Å². The van der Waals surface area contributed by atoms with Crippen LogP contribution < -0.4 is 16.4 Å². The van der Waals surface area contributed by atoms with Crippen molar-refractivity contribution >= 4 is 17.9 Å². The summed E-state index contributed by atoms with van der Waals surface area (Å²) in [5.41, 5.74) is 4.74. The molecular weight excluding hydrogens is 178 g/mol. The lowest BCUT2D eigenvalue weighted by atomic mass is 10.3. The maximum atomic E-state index is 10.9. The van der Waals surface area contributed by atoms with E-state index in [0.29, 0.717) is 0 Å². The van der Waals surface area contributed by atoms with Gasteiger partial charge >= 0.3 is 12.0 Å². The van der Waals surface area contributed by atoms with Crippen molar-refractivity contribution in [2.24, 2.45) is 5.73 Å². The van der Waals surface area contributed by atoms with Crippen LogP contribution in [-0.4, -0.2) is 35.6 Å². The fourth-order valence-corrected chi connectivity index (χ4v) is 0.595. The maximum Gasteiger partial charge on any atom is 0.322 e. The van der Waals surface area contributed by atoms with E-state index < -0.39 is 30.5 Å². The average molecular weight is 189 g/mol. The second-order valence-corrected chi connectivity index (χ2v) is 2.34. The first-order valence-electron chi connectivity index (χ1n) is 3.49. The molecule has 7 heteroatoms. The molecule has 1 atom stereocenters. The van der Waals surface area contributed by atoms with E-state index in [1.165, 1.54) is 6.92 Å². The van der Waals surface area contributed by atoms with E-state index in [4.69, 9.17) is 10.8 Å². The van der Waals surface area contributed by atoms with Crippen LogP contribution in [0.3, 0.4) is 0 Å². The summed E-state index contributed by atoms with van der Waals surface area (Å²) in [6, 6.07) is -1.67. The SMILES string of the molecule is C[C@H](NC(N)=O)C(=O)NCC(=O)O. The molecule has 0 saturated carbocycles. The van der Waals surface area contributed by atoms with Crippen molar-refractivity contribution < 1.29 is 19.5 Å². The van der Waals surface area contributed by atoms with Gasteiger partial charge in [-0.25, -0.2) is 4.79 Å². The number of nitrogens with two attached hydrogens (primary N) is 1. The van der Waals surface area contributed by atoms with Crippen molar-refractivity contribution in [2.75, 3.05) is 6.54 Å². The Morgan fingerprint density at radius 1 is 1.46 bits per heavy atom. The van der Waals surface area contributed by atoms with Gasteiger partial charge < -0.3 is 21.5 Å². The predicted octanol–water partition coefficient (Wildman–Crippen LogP) is -1.76. The smallest absolute Gasteiger partial charge is 0.322 e. The zero-order valence-corrected chi connectivity index (χ0v) is 7.03. The van der Waals surface area contributed by atoms with Gasteiger partial charge in [0.1, 0.15) is 12.6 Å². The molecule has 0 fully saturated rings. The van der Waals surface area contributed by atoms with Gasteiger partial charge in [0.15, 0.2) is 0 Å². The normalized spacial score (nSPS) is 11.5. The van der Waals surface area contributed by atoms with Gasteiger partial charge in [0.05, 0.1) is 0 Å². The lowest BCUT2D eigenvalue weighted by molar-refractivity contribution is -0.138. The van der Waals surface area contributed by atoms with E-state index in [1.807, 2.05) is 0 Å². The molecule has 0 spiro atoms. The van der Waals surface area contributed by atoms with Gasteiger partial charge in [0.2, 0.25) is 5.91 Å². The standard InChI is InChI=1S/C6H11N3O4/c1-3(9-6(7)13)5(12)8-2-4(10)11/h3H,2H2,1H3,(H,8,12)(H,10,11)(H3,7,9,13)/t3-/m0/s1. The van der Waals surface area contributed by atoms with Crippen molar-refractivity contribution in [2.45, 2.75) is 13.0 Å². The highest BCUT2D eigenvalue weighted by molar-refractivity contribution is 5.88. The molecule has 3 amide bonds. The summed E-state index contributed by atoms with van der Waals surface area (Å²) in [5.74, 6) is -1.75. The summed E-state index contributed by atoms with van der Waals surface area (Å²) in [6.07, 6.45) is 0. The van der Waals surface area contributed by atoms with Crippen LogP contribution in [0.1, 0.15) is 6.92 Å². The second kappa shape index (κ2) is 4.96. The van der Waals surface area contributed by atoms with Crippen LogP contribution in [0.15, 0.2) is 0 Å². The molecule has 5 N–H and O–H groups in total. The maximum absolute atomic E-state index is 10.9. The molecule has 0 aromatic rings. The van der Waals surface area contributed by atoms with Crippen LogP contribution >= 0.6 is 0 Å². The number of amides is 3. The Morgan fingerprint density at radius 3 is 2.38 bits per heavy atom. The number of rotatable bonds is 4. The minimum atomic E-state index is -1.15. The Hall–Kier alpha value is -1.79. The fraction of sp³-hybridized carbons (Fsp3) is 0.500. The minimum Gasteiger partial charge on any atom is -0.480 e. The highest BCUT2D eigenvalue weighted by Crippen LogP contribution is 1.80. The van der Waals surface area contributed by atoms with E-state index in [1.54, 1.807) is 0 Å². The first-order chi connectivity index (χ1) is 5.93. The van der Waals surface area contributed by atoms with Crippen molar-refractivity contribution in [3.63, 3.8) is 0 Å². The molecular formula is C6H11N3O4. The quantitative estimate of drug-likeness (QED) is 0.418. The van der Waals surface area contributed by atoms with E-state index in [9.17, 15) is 14.4 Å². The number of hydrogen-bond acceptors (Lipinski definition) is 3. The first kappa shape index (κ1) is 11.2. The lowest BCUT2D eigenvalue weighted by Gasteiger charge is -2.10. The van der Waals surface area contributed by atoms with E-state index in [2.05, 4.69) is 10.6 Å². The molecule has 74 valence electrons. The summed E-state index contributed by atoms with van der Waals surface area (Å²) in [4.78, 5) is 31.2. The fourth-order valence-electron chi connectivity index (χ4n) is 0.595. The summed E-state index contributed by atoms with van der Waals surface area (Å²) in [6.45, 7) is 0.908. The molecule has 0 aromatic carbocycles. The third-order valence-corrected chi connectivity index (χ3v) is 1.17.